The van der Waals surface area contributed by atoms with Crippen molar-refractivity contribution in [2.45, 2.75) is 46.5 Å². The van der Waals surface area contributed by atoms with Crippen molar-refractivity contribution < 1.29 is 9.21 Å². The van der Waals surface area contributed by atoms with E-state index < -0.39 is 5.91 Å². The molecule has 1 N–H and O–H groups in total. The van der Waals surface area contributed by atoms with E-state index in [4.69, 9.17) is 4.42 Å². The summed E-state index contributed by atoms with van der Waals surface area (Å²) in [6.45, 7) is 6.09. The van der Waals surface area contributed by atoms with Crippen LogP contribution in [0, 0.1) is 0 Å². The van der Waals surface area contributed by atoms with Gasteiger partial charge in [-0.3, -0.25) is 9.59 Å². The Bertz CT molecular complexity index is 1060. The molecule has 0 bridgehead atoms. The highest BCUT2D eigenvalue weighted by Crippen LogP contribution is 2.28. The number of nitrogens with one attached hydrogen (secondary N) is 1. The van der Waals surface area contributed by atoms with E-state index in [1.54, 1.807) is 18.2 Å². The van der Waals surface area contributed by atoms with E-state index in [1.165, 1.54) is 0 Å². The average molecular weight is 442 g/mol. The number of rotatable bonds is 6. The van der Waals surface area contributed by atoms with Crippen LogP contribution in [0.5, 0.6) is 0 Å². The molecule has 4 nitrogen and oxygen atoms in total. The SMILES string of the molecule is CCCc1oc2ccccc2c(=O)c1C(=O)Nc1c(CC)cc(Br)cc1CC. The molecule has 3 aromatic rings. The van der Waals surface area contributed by atoms with Gasteiger partial charge in [0.25, 0.3) is 5.91 Å². The zero-order valence-electron chi connectivity index (χ0n) is 16.4. The van der Waals surface area contributed by atoms with Crippen LogP contribution in [0.25, 0.3) is 11.0 Å². The second-order valence-corrected chi connectivity index (χ2v) is 7.65. The van der Waals surface area contributed by atoms with Crippen LogP contribution in [-0.2, 0) is 19.3 Å². The summed E-state index contributed by atoms with van der Waals surface area (Å²) in [5.74, 6) is 0.0339. The molecule has 0 saturated heterocycles. The predicted octanol–water partition coefficient (Wildman–Crippen LogP) is 5.89. The van der Waals surface area contributed by atoms with Crippen LogP contribution >= 0.6 is 15.9 Å². The van der Waals surface area contributed by atoms with E-state index in [0.717, 1.165) is 40.5 Å². The zero-order valence-corrected chi connectivity index (χ0v) is 18.0. The Morgan fingerprint density at radius 3 is 2.32 bits per heavy atom. The number of hydrogen-bond acceptors (Lipinski definition) is 3. The fraction of sp³-hybridized carbons (Fsp3) is 0.304. The van der Waals surface area contributed by atoms with Gasteiger partial charge in [0, 0.05) is 16.6 Å². The minimum atomic E-state index is -0.408. The number of anilines is 1. The molecular formula is C23H24BrNO3. The molecule has 0 atom stereocenters. The predicted molar refractivity (Wildman–Crippen MR) is 117 cm³/mol. The normalized spacial score (nSPS) is 11.0. The summed E-state index contributed by atoms with van der Waals surface area (Å²) in [6, 6.07) is 11.1. The van der Waals surface area contributed by atoms with E-state index in [-0.39, 0.29) is 11.0 Å². The van der Waals surface area contributed by atoms with Crippen LogP contribution in [0.4, 0.5) is 5.69 Å². The third-order valence-electron chi connectivity index (χ3n) is 4.84. The Balaban J connectivity index is 2.13. The highest BCUT2D eigenvalue weighted by molar-refractivity contribution is 9.10. The fourth-order valence-electron chi connectivity index (χ4n) is 3.44. The minimum Gasteiger partial charge on any atom is -0.460 e. The van der Waals surface area contributed by atoms with Gasteiger partial charge in [-0.2, -0.15) is 0 Å². The number of amides is 1. The van der Waals surface area contributed by atoms with Gasteiger partial charge in [0.15, 0.2) is 0 Å². The van der Waals surface area contributed by atoms with Crippen LogP contribution in [0.2, 0.25) is 0 Å². The average Bonchev–Trinajstić information content (AvgIpc) is 2.69. The summed E-state index contributed by atoms with van der Waals surface area (Å²) in [7, 11) is 0. The molecule has 0 saturated carbocycles. The van der Waals surface area contributed by atoms with E-state index in [2.05, 4.69) is 21.2 Å². The maximum atomic E-state index is 13.2. The van der Waals surface area contributed by atoms with Gasteiger partial charge in [-0.15, -0.1) is 0 Å². The van der Waals surface area contributed by atoms with E-state index >= 15 is 0 Å². The van der Waals surface area contributed by atoms with E-state index in [0.29, 0.717) is 23.2 Å². The number of benzene rings is 2. The van der Waals surface area contributed by atoms with Crippen LogP contribution in [-0.4, -0.2) is 5.91 Å². The lowest BCUT2D eigenvalue weighted by molar-refractivity contribution is 0.102. The van der Waals surface area contributed by atoms with Crippen molar-refractivity contribution >= 4 is 38.5 Å². The van der Waals surface area contributed by atoms with Gasteiger partial charge in [0.1, 0.15) is 16.9 Å². The maximum Gasteiger partial charge on any atom is 0.263 e. The van der Waals surface area contributed by atoms with Crippen LogP contribution in [0.15, 0.2) is 50.1 Å². The van der Waals surface area contributed by atoms with Gasteiger partial charge in [-0.25, -0.2) is 0 Å². The van der Waals surface area contributed by atoms with Crippen molar-refractivity contribution in [3.8, 4) is 0 Å². The van der Waals surface area contributed by atoms with Crippen molar-refractivity contribution in [1.82, 2.24) is 0 Å². The summed E-state index contributed by atoms with van der Waals surface area (Å²) in [5, 5.41) is 3.43. The van der Waals surface area contributed by atoms with Crippen molar-refractivity contribution in [1.29, 1.82) is 0 Å². The first kappa shape index (κ1) is 20.3. The van der Waals surface area contributed by atoms with Gasteiger partial charge in [-0.05, 0) is 54.7 Å². The van der Waals surface area contributed by atoms with E-state index in [1.807, 2.05) is 39.0 Å². The largest absolute Gasteiger partial charge is 0.460 e. The zero-order chi connectivity index (χ0) is 20.3. The molecule has 28 heavy (non-hydrogen) atoms. The number of aryl methyl sites for hydroxylation is 3. The summed E-state index contributed by atoms with van der Waals surface area (Å²) >= 11 is 3.53. The van der Waals surface area contributed by atoms with Crippen LogP contribution in [0.3, 0.4) is 0 Å². The molecule has 146 valence electrons. The minimum absolute atomic E-state index is 0.104. The van der Waals surface area contributed by atoms with Gasteiger partial charge < -0.3 is 9.73 Å². The first-order chi connectivity index (χ1) is 13.5. The van der Waals surface area contributed by atoms with Gasteiger partial charge in [0.2, 0.25) is 5.43 Å². The summed E-state index contributed by atoms with van der Waals surface area (Å²) < 4.78 is 6.92. The summed E-state index contributed by atoms with van der Waals surface area (Å²) in [6.07, 6.45) is 2.86. The Kier molecular flexibility index (Phi) is 6.35. The van der Waals surface area contributed by atoms with E-state index in [9.17, 15) is 9.59 Å². The lowest BCUT2D eigenvalue weighted by Gasteiger charge is -2.16. The van der Waals surface area contributed by atoms with Gasteiger partial charge in [0.05, 0.1) is 5.39 Å². The molecule has 0 aliphatic carbocycles. The second-order valence-electron chi connectivity index (χ2n) is 6.74. The molecule has 0 spiro atoms. The molecule has 0 fully saturated rings. The quantitative estimate of drug-likeness (QED) is 0.518. The third kappa shape index (κ3) is 3.90. The maximum absolute atomic E-state index is 13.2. The monoisotopic (exact) mass is 441 g/mol. The lowest BCUT2D eigenvalue weighted by atomic mass is 10.0. The van der Waals surface area contributed by atoms with Crippen molar-refractivity contribution in [3.05, 3.63) is 73.5 Å². The standard InChI is InChI=1S/C23H24BrNO3/c1-4-9-19-20(22(26)17-10-7-8-11-18(17)28-19)23(27)25-21-14(5-2)12-16(24)13-15(21)6-3/h7-8,10-13H,4-6,9H2,1-3H3,(H,25,27). The fourth-order valence-corrected chi connectivity index (χ4v) is 3.99. The Labute approximate surface area is 173 Å². The smallest absolute Gasteiger partial charge is 0.263 e. The van der Waals surface area contributed by atoms with Gasteiger partial charge in [-0.1, -0.05) is 48.8 Å². The lowest BCUT2D eigenvalue weighted by Crippen LogP contribution is -2.25. The Morgan fingerprint density at radius 1 is 1.07 bits per heavy atom. The Hall–Kier alpha value is -2.40. The number of halogens is 1. The number of para-hydroxylation sites is 1. The Morgan fingerprint density at radius 2 is 1.71 bits per heavy atom. The molecule has 0 aliphatic rings. The molecule has 2 aromatic carbocycles. The molecule has 1 aromatic heterocycles. The third-order valence-corrected chi connectivity index (χ3v) is 5.30. The van der Waals surface area contributed by atoms with Gasteiger partial charge >= 0.3 is 0 Å². The van der Waals surface area contributed by atoms with Crippen molar-refractivity contribution in [3.63, 3.8) is 0 Å². The molecule has 1 amide bonds. The van der Waals surface area contributed by atoms with Crippen molar-refractivity contribution in [2.75, 3.05) is 5.32 Å². The van der Waals surface area contributed by atoms with Crippen molar-refractivity contribution in [2.24, 2.45) is 0 Å². The first-order valence-corrected chi connectivity index (χ1v) is 10.5. The number of hydrogen-bond donors (Lipinski definition) is 1. The summed E-state index contributed by atoms with van der Waals surface area (Å²) in [5.41, 5.74) is 3.18. The molecule has 3 rings (SSSR count). The number of fused-ring (bicyclic) bond motifs is 1. The second kappa shape index (κ2) is 8.74. The highest BCUT2D eigenvalue weighted by Gasteiger charge is 2.22. The highest BCUT2D eigenvalue weighted by atomic mass is 79.9. The van der Waals surface area contributed by atoms with Crippen LogP contribution in [0.1, 0.15) is 54.4 Å². The number of carbonyl (C=O) groups excluding carboxylic acids is 1. The molecule has 0 radical (unpaired) electrons. The van der Waals surface area contributed by atoms with Crippen LogP contribution < -0.4 is 10.7 Å². The molecule has 0 aliphatic heterocycles. The number of carbonyl (C=O) groups is 1. The molecule has 0 unspecified atom stereocenters. The molecule has 1 heterocycles. The summed E-state index contributed by atoms with van der Waals surface area (Å²) in [4.78, 5) is 26.3. The molecule has 5 heteroatoms. The molecular weight excluding hydrogens is 418 g/mol. The first-order valence-electron chi connectivity index (χ1n) is 9.67. The topological polar surface area (TPSA) is 59.3 Å².